The van der Waals surface area contributed by atoms with Crippen molar-refractivity contribution in [3.05, 3.63) is 130 Å². The van der Waals surface area contributed by atoms with Crippen LogP contribution in [0.2, 0.25) is 0 Å². The predicted octanol–water partition coefficient (Wildman–Crippen LogP) is 10.8. The van der Waals surface area contributed by atoms with Crippen LogP contribution in [0.25, 0.3) is 21.5 Å². The van der Waals surface area contributed by atoms with Crippen molar-refractivity contribution >= 4 is 50.2 Å². The first-order valence-corrected chi connectivity index (χ1v) is 16.3. The van der Waals surface area contributed by atoms with E-state index in [4.69, 9.17) is 11.6 Å². The minimum Gasteiger partial charge on any atom is -0.347 e. The first kappa shape index (κ1) is 28.9. The summed E-state index contributed by atoms with van der Waals surface area (Å²) in [7, 11) is 4.41. The molecule has 4 aromatic rings. The lowest BCUT2D eigenvalue weighted by Crippen LogP contribution is -2.35. The van der Waals surface area contributed by atoms with Gasteiger partial charge >= 0.3 is 0 Å². The van der Waals surface area contributed by atoms with E-state index in [9.17, 15) is 0 Å². The summed E-state index contributed by atoms with van der Waals surface area (Å²) in [6.07, 6.45) is 13.3. The van der Waals surface area contributed by atoms with Gasteiger partial charge in [0.1, 0.15) is 7.05 Å². The SMILES string of the molecule is CN1/C(=C/C=C2\CCCC(/C=C/C3=[N+](C)c4ccc5ccccc5c4CC3(C)C)=C2Cl)C(C)(C)c2c1ccc1ccccc21. The number of rotatable bonds is 3. The molecule has 3 heteroatoms. The third-order valence-corrected chi connectivity index (χ3v) is 10.8. The molecule has 3 aliphatic rings. The number of benzene rings is 4. The maximum Gasteiger partial charge on any atom is 0.209 e. The maximum atomic E-state index is 7.17. The van der Waals surface area contributed by atoms with Crippen molar-refractivity contribution in [1.82, 2.24) is 0 Å². The van der Waals surface area contributed by atoms with E-state index in [0.29, 0.717) is 0 Å². The van der Waals surface area contributed by atoms with Crippen molar-refractivity contribution in [3.63, 3.8) is 0 Å². The molecule has 0 amide bonds. The minimum atomic E-state index is -0.106. The van der Waals surface area contributed by atoms with E-state index in [1.54, 1.807) is 0 Å². The first-order chi connectivity index (χ1) is 21.1. The average molecular weight is 598 g/mol. The van der Waals surface area contributed by atoms with Gasteiger partial charge in [0.25, 0.3) is 0 Å². The maximum absolute atomic E-state index is 7.17. The number of hydrogen-bond acceptors (Lipinski definition) is 1. The van der Waals surface area contributed by atoms with Crippen molar-refractivity contribution in [2.75, 3.05) is 19.0 Å². The normalized spacial score (nSPS) is 21.3. The predicted molar refractivity (Wildman–Crippen MR) is 190 cm³/mol. The summed E-state index contributed by atoms with van der Waals surface area (Å²) >= 11 is 7.17. The van der Waals surface area contributed by atoms with Gasteiger partial charge in [0, 0.05) is 46.6 Å². The molecule has 2 heterocycles. The highest BCUT2D eigenvalue weighted by Crippen LogP contribution is 2.50. The van der Waals surface area contributed by atoms with E-state index in [-0.39, 0.29) is 10.8 Å². The molecular formula is C41H42ClN2+. The molecule has 222 valence electrons. The average Bonchev–Trinajstić information content (AvgIpc) is 3.20. The highest BCUT2D eigenvalue weighted by molar-refractivity contribution is 6.32. The van der Waals surface area contributed by atoms with E-state index >= 15 is 0 Å². The molecule has 2 nitrogen and oxygen atoms in total. The molecular weight excluding hydrogens is 556 g/mol. The Bertz CT molecular complexity index is 2000. The van der Waals surface area contributed by atoms with Gasteiger partial charge in [-0.1, -0.05) is 92.2 Å². The number of allylic oxidation sites excluding steroid dienone is 8. The largest absolute Gasteiger partial charge is 0.347 e. The second kappa shape index (κ2) is 10.6. The topological polar surface area (TPSA) is 6.25 Å². The first-order valence-electron chi connectivity index (χ1n) is 15.9. The fourth-order valence-corrected chi connectivity index (χ4v) is 8.35. The zero-order valence-corrected chi connectivity index (χ0v) is 27.6. The number of hydrogen-bond donors (Lipinski definition) is 0. The van der Waals surface area contributed by atoms with Crippen LogP contribution in [-0.4, -0.2) is 24.4 Å². The van der Waals surface area contributed by atoms with E-state index in [1.807, 2.05) is 0 Å². The molecule has 1 aliphatic carbocycles. The molecule has 4 aromatic carbocycles. The highest BCUT2D eigenvalue weighted by atomic mass is 35.5. The summed E-state index contributed by atoms with van der Waals surface area (Å²) in [5, 5.41) is 6.22. The molecule has 0 saturated carbocycles. The fraction of sp³-hybridized carbons (Fsp3) is 0.293. The van der Waals surface area contributed by atoms with Crippen LogP contribution in [0.15, 0.2) is 119 Å². The Hall–Kier alpha value is -3.88. The fourth-order valence-electron chi connectivity index (χ4n) is 8.04. The van der Waals surface area contributed by atoms with Crippen LogP contribution in [0.4, 0.5) is 11.4 Å². The molecule has 0 aromatic heterocycles. The second-order valence-corrected chi connectivity index (χ2v) is 14.3. The summed E-state index contributed by atoms with van der Waals surface area (Å²) in [5.74, 6) is 0. The van der Waals surface area contributed by atoms with Crippen LogP contribution >= 0.6 is 11.6 Å². The molecule has 0 radical (unpaired) electrons. The molecule has 0 bridgehead atoms. The van der Waals surface area contributed by atoms with Gasteiger partial charge in [0.15, 0.2) is 5.71 Å². The lowest BCUT2D eigenvalue weighted by atomic mass is 9.76. The van der Waals surface area contributed by atoms with Crippen molar-refractivity contribution in [1.29, 1.82) is 0 Å². The van der Waals surface area contributed by atoms with Crippen LogP contribution in [0.3, 0.4) is 0 Å². The molecule has 0 spiro atoms. The number of likely N-dealkylation sites (N-methyl/N-ethyl adjacent to an activating group) is 1. The molecule has 44 heavy (non-hydrogen) atoms. The van der Waals surface area contributed by atoms with E-state index in [0.717, 1.165) is 30.7 Å². The quantitative estimate of drug-likeness (QED) is 0.213. The van der Waals surface area contributed by atoms with Gasteiger partial charge in [-0.15, -0.1) is 0 Å². The molecule has 0 atom stereocenters. The Labute approximate surface area is 267 Å². The Balaban J connectivity index is 1.23. The summed E-state index contributed by atoms with van der Waals surface area (Å²) in [6.45, 7) is 9.42. The van der Waals surface area contributed by atoms with Gasteiger partial charge in [-0.3, -0.25) is 0 Å². The van der Waals surface area contributed by atoms with Crippen LogP contribution < -0.4 is 4.90 Å². The van der Waals surface area contributed by atoms with Gasteiger partial charge in [-0.25, -0.2) is 0 Å². The highest BCUT2D eigenvalue weighted by Gasteiger charge is 2.40. The molecule has 0 unspecified atom stereocenters. The summed E-state index contributed by atoms with van der Waals surface area (Å²) in [4.78, 5) is 2.36. The van der Waals surface area contributed by atoms with E-state index < -0.39 is 0 Å². The monoisotopic (exact) mass is 597 g/mol. The number of anilines is 1. The van der Waals surface area contributed by atoms with Crippen molar-refractivity contribution in [2.24, 2.45) is 5.41 Å². The van der Waals surface area contributed by atoms with Crippen LogP contribution in [-0.2, 0) is 11.8 Å². The smallest absolute Gasteiger partial charge is 0.209 e. The summed E-state index contributed by atoms with van der Waals surface area (Å²) in [5.41, 5.74) is 10.4. The third-order valence-electron chi connectivity index (χ3n) is 10.3. The Morgan fingerprint density at radius 3 is 2.25 bits per heavy atom. The Morgan fingerprint density at radius 1 is 0.795 bits per heavy atom. The Kier molecular flexibility index (Phi) is 6.98. The van der Waals surface area contributed by atoms with E-state index in [1.165, 1.54) is 66.6 Å². The zero-order chi connectivity index (χ0) is 30.8. The van der Waals surface area contributed by atoms with E-state index in [2.05, 4.69) is 148 Å². The van der Waals surface area contributed by atoms with Crippen LogP contribution in [0.5, 0.6) is 0 Å². The number of fused-ring (bicyclic) bond motifs is 6. The van der Waals surface area contributed by atoms with Crippen LogP contribution in [0.1, 0.15) is 58.1 Å². The molecule has 0 fully saturated rings. The third kappa shape index (κ3) is 4.58. The molecule has 7 rings (SSSR count). The van der Waals surface area contributed by atoms with Crippen molar-refractivity contribution < 1.29 is 4.58 Å². The summed E-state index contributed by atoms with van der Waals surface area (Å²) < 4.78 is 2.39. The standard InChI is InChI=1S/C41H42ClN2/c1-40(2)26-33-31-16-9-7-12-27(31)18-22-34(33)43(5)36(40)24-20-29-14-11-15-30(39(29)42)21-25-37-41(3,4)38-32-17-10-8-13-28(32)19-23-35(38)44(37)6/h7-10,12-13,16-25H,11,14-15,26H2,1-6H3/q+1. The zero-order valence-electron chi connectivity index (χ0n) is 26.8. The molecule has 0 N–H and O–H groups in total. The van der Waals surface area contributed by atoms with Gasteiger partial charge < -0.3 is 4.90 Å². The van der Waals surface area contributed by atoms with Crippen molar-refractivity contribution in [3.8, 4) is 0 Å². The van der Waals surface area contributed by atoms with Gasteiger partial charge in [0.05, 0.1) is 5.41 Å². The second-order valence-electron chi connectivity index (χ2n) is 13.9. The molecule has 2 aliphatic heterocycles. The van der Waals surface area contributed by atoms with Crippen LogP contribution in [0, 0.1) is 5.41 Å². The number of nitrogens with zero attached hydrogens (tertiary/aromatic N) is 2. The summed E-state index contributed by atoms with van der Waals surface area (Å²) in [6, 6.07) is 26.5. The van der Waals surface area contributed by atoms with Gasteiger partial charge in [-0.05, 0) is 96.0 Å². The number of halogens is 1. The molecule has 0 saturated heterocycles. The van der Waals surface area contributed by atoms with Crippen molar-refractivity contribution in [2.45, 2.75) is 58.8 Å². The van der Waals surface area contributed by atoms with Gasteiger partial charge in [0.2, 0.25) is 5.69 Å². The van der Waals surface area contributed by atoms with Gasteiger partial charge in [-0.2, -0.15) is 4.58 Å². The lowest BCUT2D eigenvalue weighted by molar-refractivity contribution is -0.412. The Morgan fingerprint density at radius 2 is 1.48 bits per heavy atom. The lowest BCUT2D eigenvalue weighted by Gasteiger charge is -2.29. The minimum absolute atomic E-state index is 0.00494.